The molecule has 0 heterocycles. The Balaban J connectivity index is 3.42. The second-order valence-electron chi connectivity index (χ2n) is 2.99. The molecule has 0 aliphatic carbocycles. The van der Waals surface area contributed by atoms with Gasteiger partial charge in [-0.15, -0.1) is 11.6 Å². The minimum absolute atomic E-state index is 0.0434. The molecule has 0 spiro atoms. The van der Waals surface area contributed by atoms with Crippen molar-refractivity contribution < 1.29 is 13.9 Å². The van der Waals surface area contributed by atoms with E-state index >= 15 is 0 Å². The normalized spacial score (nSPS) is 11.5. The van der Waals surface area contributed by atoms with Gasteiger partial charge in [-0.2, -0.15) is 4.39 Å². The maximum absolute atomic E-state index is 13.9. The predicted octanol–water partition coefficient (Wildman–Crippen LogP) is 2.83. The van der Waals surface area contributed by atoms with Gasteiger partial charge >= 0.3 is 0 Å². The Morgan fingerprint density at radius 2 is 2.06 bits per heavy atom. The van der Waals surface area contributed by atoms with Crippen LogP contribution in [-0.2, 0) is 0 Å². The highest BCUT2D eigenvalue weighted by molar-refractivity contribution is 9.10. The van der Waals surface area contributed by atoms with Crippen LogP contribution in [0.4, 0.5) is 10.1 Å². The molecule has 1 aromatic rings. The van der Waals surface area contributed by atoms with Crippen LogP contribution < -0.4 is 15.2 Å². The number of amidine groups is 1. The number of halogens is 3. The van der Waals surface area contributed by atoms with Crippen LogP contribution in [0, 0.1) is 5.82 Å². The zero-order valence-electron chi connectivity index (χ0n) is 9.26. The van der Waals surface area contributed by atoms with E-state index in [1.54, 1.807) is 6.07 Å². The van der Waals surface area contributed by atoms with Crippen molar-refractivity contribution in [2.45, 2.75) is 0 Å². The average molecular weight is 326 g/mol. The van der Waals surface area contributed by atoms with Crippen LogP contribution in [0.1, 0.15) is 0 Å². The minimum Gasteiger partial charge on any atom is -0.492 e. The number of nitrogens with zero attached hydrogens (tertiary/aromatic N) is 1. The molecule has 7 heteroatoms. The van der Waals surface area contributed by atoms with Gasteiger partial charge in [0, 0.05) is 0 Å². The van der Waals surface area contributed by atoms with E-state index in [-0.39, 0.29) is 28.9 Å². The van der Waals surface area contributed by atoms with Gasteiger partial charge < -0.3 is 15.2 Å². The Hall–Kier alpha value is -1.01. The molecule has 1 rings (SSSR count). The number of benzene rings is 1. The Kier molecular flexibility index (Phi) is 5.02. The first-order chi connectivity index (χ1) is 8.04. The van der Waals surface area contributed by atoms with Gasteiger partial charge in [-0.1, -0.05) is 0 Å². The first-order valence-corrected chi connectivity index (χ1v) is 5.86. The van der Waals surface area contributed by atoms with Gasteiger partial charge in [0.2, 0.25) is 5.82 Å². The quantitative estimate of drug-likeness (QED) is 0.526. The number of ether oxygens (including phenoxy) is 2. The average Bonchev–Trinajstić information content (AvgIpc) is 2.29. The molecule has 0 aromatic heterocycles. The molecule has 0 unspecified atom stereocenters. The molecule has 0 saturated heterocycles. The van der Waals surface area contributed by atoms with Crippen molar-refractivity contribution in [3.63, 3.8) is 0 Å². The number of hydrogen-bond acceptors (Lipinski definition) is 3. The van der Waals surface area contributed by atoms with Gasteiger partial charge in [-0.25, -0.2) is 4.99 Å². The molecule has 17 heavy (non-hydrogen) atoms. The molecule has 4 nitrogen and oxygen atoms in total. The minimum atomic E-state index is -0.648. The summed E-state index contributed by atoms with van der Waals surface area (Å²) in [4.78, 5) is 3.96. The van der Waals surface area contributed by atoms with Crippen molar-refractivity contribution in [3.05, 3.63) is 16.4 Å². The van der Waals surface area contributed by atoms with Gasteiger partial charge in [0.05, 0.1) is 24.6 Å². The highest BCUT2D eigenvalue weighted by Crippen LogP contribution is 2.41. The van der Waals surface area contributed by atoms with Gasteiger partial charge in [0.15, 0.2) is 11.5 Å². The van der Waals surface area contributed by atoms with Crippen molar-refractivity contribution in [1.29, 1.82) is 0 Å². The fraction of sp³-hybridized carbons (Fsp3) is 0.300. The van der Waals surface area contributed by atoms with Crippen LogP contribution in [0.3, 0.4) is 0 Å². The number of aliphatic imine (C=N–C) groups is 1. The number of nitrogens with two attached hydrogens (primary N) is 1. The van der Waals surface area contributed by atoms with Crippen LogP contribution in [0.15, 0.2) is 15.5 Å². The van der Waals surface area contributed by atoms with Crippen LogP contribution in [0.25, 0.3) is 0 Å². The number of methoxy groups -OCH3 is 2. The summed E-state index contributed by atoms with van der Waals surface area (Å²) < 4.78 is 24.2. The molecule has 0 bridgehead atoms. The van der Waals surface area contributed by atoms with Crippen LogP contribution in [0.2, 0.25) is 0 Å². The summed E-state index contributed by atoms with van der Waals surface area (Å²) in [5.41, 5.74) is 5.74. The molecule has 2 N–H and O–H groups in total. The zero-order valence-corrected chi connectivity index (χ0v) is 11.6. The van der Waals surface area contributed by atoms with Crippen molar-refractivity contribution >= 4 is 39.1 Å². The van der Waals surface area contributed by atoms with E-state index in [1.807, 2.05) is 0 Å². The molecule has 0 saturated carbocycles. The van der Waals surface area contributed by atoms with E-state index in [2.05, 4.69) is 20.9 Å². The Bertz CT molecular complexity index is 454. The number of rotatable bonds is 4. The lowest BCUT2D eigenvalue weighted by Crippen LogP contribution is -2.12. The first kappa shape index (κ1) is 14.1. The third-order valence-electron chi connectivity index (χ3n) is 1.92. The Morgan fingerprint density at radius 3 is 2.53 bits per heavy atom. The SMILES string of the molecule is COc1c(Br)cc(N=C(N)CCl)c(OC)c1F. The molecular formula is C10H11BrClFN2O2. The lowest BCUT2D eigenvalue weighted by molar-refractivity contribution is 0.350. The number of alkyl halides is 1. The fourth-order valence-electron chi connectivity index (χ4n) is 1.22. The highest BCUT2D eigenvalue weighted by atomic mass is 79.9. The molecule has 0 aliphatic heterocycles. The van der Waals surface area contributed by atoms with E-state index in [4.69, 9.17) is 26.8 Å². The Morgan fingerprint density at radius 1 is 1.47 bits per heavy atom. The lowest BCUT2D eigenvalue weighted by Gasteiger charge is -2.11. The molecule has 0 atom stereocenters. The molecule has 0 fully saturated rings. The van der Waals surface area contributed by atoms with Crippen molar-refractivity contribution in [2.24, 2.45) is 10.7 Å². The van der Waals surface area contributed by atoms with Gasteiger partial charge in [0.1, 0.15) is 11.5 Å². The molecular weight excluding hydrogens is 314 g/mol. The second kappa shape index (κ2) is 6.07. The summed E-state index contributed by atoms with van der Waals surface area (Å²) >= 11 is 8.68. The van der Waals surface area contributed by atoms with E-state index in [0.29, 0.717) is 4.47 Å². The Labute approximate surface area is 112 Å². The van der Waals surface area contributed by atoms with Crippen molar-refractivity contribution in [1.82, 2.24) is 0 Å². The third-order valence-corrected chi connectivity index (χ3v) is 2.78. The van der Waals surface area contributed by atoms with Crippen molar-refractivity contribution in [3.8, 4) is 11.5 Å². The summed E-state index contributed by atoms with van der Waals surface area (Å²) in [5.74, 6) is -0.427. The first-order valence-electron chi connectivity index (χ1n) is 4.54. The predicted molar refractivity (Wildman–Crippen MR) is 69.2 cm³/mol. The summed E-state index contributed by atoms with van der Waals surface area (Å²) in [6, 6.07) is 1.54. The second-order valence-corrected chi connectivity index (χ2v) is 4.12. The van der Waals surface area contributed by atoms with E-state index < -0.39 is 5.82 Å². The monoisotopic (exact) mass is 324 g/mol. The molecule has 0 aliphatic rings. The summed E-state index contributed by atoms with van der Waals surface area (Å²) in [6.07, 6.45) is 0. The van der Waals surface area contributed by atoms with Gasteiger partial charge in [-0.05, 0) is 22.0 Å². The maximum atomic E-state index is 13.9. The number of hydrogen-bond donors (Lipinski definition) is 1. The van der Waals surface area contributed by atoms with E-state index in [0.717, 1.165) is 0 Å². The van der Waals surface area contributed by atoms with Crippen LogP contribution >= 0.6 is 27.5 Å². The van der Waals surface area contributed by atoms with E-state index in [9.17, 15) is 4.39 Å². The topological polar surface area (TPSA) is 56.8 Å². The molecule has 0 amide bonds. The maximum Gasteiger partial charge on any atom is 0.210 e. The molecule has 0 radical (unpaired) electrons. The molecule has 1 aromatic carbocycles. The molecule has 94 valence electrons. The standard InChI is InChI=1S/C10H11BrClFN2O2/c1-16-9-5(11)3-6(15-7(14)4-12)10(17-2)8(9)13/h3H,4H2,1-2H3,(H2,14,15). The van der Waals surface area contributed by atoms with E-state index in [1.165, 1.54) is 14.2 Å². The van der Waals surface area contributed by atoms with Crippen LogP contribution in [-0.4, -0.2) is 25.9 Å². The third kappa shape index (κ3) is 3.01. The van der Waals surface area contributed by atoms with Gasteiger partial charge in [-0.3, -0.25) is 0 Å². The highest BCUT2D eigenvalue weighted by Gasteiger charge is 2.18. The van der Waals surface area contributed by atoms with Crippen molar-refractivity contribution in [2.75, 3.05) is 20.1 Å². The summed E-state index contributed by atoms with van der Waals surface area (Å²) in [6.45, 7) is 0. The van der Waals surface area contributed by atoms with Crippen LogP contribution in [0.5, 0.6) is 11.5 Å². The zero-order chi connectivity index (χ0) is 13.0. The summed E-state index contributed by atoms with van der Waals surface area (Å²) in [7, 11) is 2.69. The van der Waals surface area contributed by atoms with Gasteiger partial charge in [0.25, 0.3) is 0 Å². The summed E-state index contributed by atoms with van der Waals surface area (Å²) in [5, 5.41) is 0. The largest absolute Gasteiger partial charge is 0.492 e. The smallest absolute Gasteiger partial charge is 0.210 e. The fourth-order valence-corrected chi connectivity index (χ4v) is 1.83. The lowest BCUT2D eigenvalue weighted by atomic mass is 10.2.